The predicted octanol–water partition coefficient (Wildman–Crippen LogP) is 3.29. The first-order valence-corrected chi connectivity index (χ1v) is 11.0. The van der Waals surface area contributed by atoms with Crippen molar-refractivity contribution in [1.29, 1.82) is 0 Å². The van der Waals surface area contributed by atoms with Gasteiger partial charge in [0.05, 0.1) is 27.7 Å². The van der Waals surface area contributed by atoms with Crippen molar-refractivity contribution in [3.8, 4) is 0 Å². The fourth-order valence-electron chi connectivity index (χ4n) is 2.78. The van der Waals surface area contributed by atoms with E-state index < -0.39 is 0 Å². The molecular formula is C18H43N2Si+. The van der Waals surface area contributed by atoms with E-state index in [2.05, 4.69) is 26.5 Å². The average Bonchev–Trinajstić information content (AvgIpc) is 2.42. The largest absolute Gasteiger partial charge is 0.331 e. The smallest absolute Gasteiger partial charge is 0.0780 e. The Labute approximate surface area is 138 Å². The van der Waals surface area contributed by atoms with Crippen molar-refractivity contribution in [1.82, 2.24) is 5.32 Å². The van der Waals surface area contributed by atoms with Gasteiger partial charge in [0.25, 0.3) is 0 Å². The summed E-state index contributed by atoms with van der Waals surface area (Å²) >= 11 is 0. The van der Waals surface area contributed by atoms with E-state index in [1.54, 1.807) is 0 Å². The molecule has 0 saturated carbocycles. The molecule has 0 fully saturated rings. The molecule has 0 unspecified atom stereocenters. The van der Waals surface area contributed by atoms with Crippen molar-refractivity contribution in [2.75, 3.05) is 40.4 Å². The fourth-order valence-corrected chi connectivity index (χ4v) is 3.13. The molecule has 0 amide bonds. The van der Waals surface area contributed by atoms with Gasteiger partial charge in [-0.15, -0.1) is 0 Å². The highest BCUT2D eigenvalue weighted by atomic mass is 28.1. The minimum atomic E-state index is 1.12. The lowest BCUT2D eigenvalue weighted by Crippen LogP contribution is -2.35. The average molecular weight is 316 g/mol. The number of hydrogen-bond acceptors (Lipinski definition) is 1. The quantitative estimate of drug-likeness (QED) is 0.262. The molecule has 0 heterocycles. The topological polar surface area (TPSA) is 12.0 Å². The van der Waals surface area contributed by atoms with Gasteiger partial charge < -0.3 is 9.80 Å². The van der Waals surface area contributed by atoms with Crippen LogP contribution in [0.3, 0.4) is 0 Å². The maximum Gasteiger partial charge on any atom is 0.0780 e. The van der Waals surface area contributed by atoms with Crippen molar-refractivity contribution < 1.29 is 4.48 Å². The molecule has 0 aromatic carbocycles. The molecule has 2 nitrogen and oxygen atoms in total. The van der Waals surface area contributed by atoms with Crippen LogP contribution >= 0.6 is 0 Å². The van der Waals surface area contributed by atoms with Crippen molar-refractivity contribution in [2.45, 2.75) is 77.0 Å². The van der Waals surface area contributed by atoms with Crippen molar-refractivity contribution in [3.63, 3.8) is 0 Å². The van der Waals surface area contributed by atoms with Crippen LogP contribution in [0.25, 0.3) is 0 Å². The number of nitrogens with zero attached hydrogens (tertiary/aromatic N) is 1. The molecule has 0 rings (SSSR count). The lowest BCUT2D eigenvalue weighted by molar-refractivity contribution is -0.870. The highest BCUT2D eigenvalue weighted by Gasteiger charge is 2.04. The number of nitrogens with one attached hydrogen (secondary N) is 1. The summed E-state index contributed by atoms with van der Waals surface area (Å²) < 4.78 is 1.12. The molecule has 0 spiro atoms. The molecule has 1 N–H and O–H groups in total. The van der Waals surface area contributed by atoms with Crippen LogP contribution < -0.4 is 5.32 Å². The van der Waals surface area contributed by atoms with Gasteiger partial charge in [-0.05, 0) is 32.0 Å². The molecule has 3 heteroatoms. The Morgan fingerprint density at radius 3 is 1.38 bits per heavy atom. The van der Waals surface area contributed by atoms with Gasteiger partial charge in [-0.3, -0.25) is 0 Å². The van der Waals surface area contributed by atoms with Crippen LogP contribution in [0.2, 0.25) is 0 Å². The maximum atomic E-state index is 3.46. The van der Waals surface area contributed by atoms with Crippen LogP contribution in [0.5, 0.6) is 0 Å². The zero-order valence-electron chi connectivity index (χ0n) is 15.6. The van der Waals surface area contributed by atoms with E-state index in [9.17, 15) is 0 Å². The summed E-state index contributed by atoms with van der Waals surface area (Å²) in [5.41, 5.74) is 0. The summed E-state index contributed by atoms with van der Waals surface area (Å²) in [6, 6.07) is 0. The number of hydrogen-bond donors (Lipinski definition) is 1. The first-order chi connectivity index (χ1) is 10.1. The Balaban J connectivity index is 3.00. The monoisotopic (exact) mass is 315 g/mol. The van der Waals surface area contributed by atoms with Gasteiger partial charge in [-0.1, -0.05) is 57.8 Å². The minimum Gasteiger partial charge on any atom is -0.331 e. The Morgan fingerprint density at radius 1 is 0.619 bits per heavy atom. The third kappa shape index (κ3) is 20.1. The summed E-state index contributed by atoms with van der Waals surface area (Å²) in [5.74, 6) is 0. The van der Waals surface area contributed by atoms with Crippen molar-refractivity contribution >= 4 is 10.2 Å². The number of rotatable bonds is 16. The van der Waals surface area contributed by atoms with Crippen LogP contribution in [-0.4, -0.2) is 55.1 Å². The van der Waals surface area contributed by atoms with E-state index in [1.165, 1.54) is 107 Å². The molecule has 21 heavy (non-hydrogen) atoms. The van der Waals surface area contributed by atoms with Crippen molar-refractivity contribution in [3.05, 3.63) is 0 Å². The number of quaternary nitrogens is 1. The molecule has 0 aliphatic carbocycles. The van der Waals surface area contributed by atoms with Gasteiger partial charge in [0.2, 0.25) is 0 Å². The SMILES string of the molecule is C[N+](C)(C)CCCCCCCCCCCCCCNC[SiH3]. The predicted molar refractivity (Wildman–Crippen MR) is 101 cm³/mol. The van der Waals surface area contributed by atoms with Crippen molar-refractivity contribution in [2.24, 2.45) is 0 Å². The van der Waals surface area contributed by atoms with Gasteiger partial charge >= 0.3 is 0 Å². The molecule has 0 atom stereocenters. The van der Waals surface area contributed by atoms with Crippen LogP contribution in [-0.2, 0) is 0 Å². The normalized spacial score (nSPS) is 12.1. The maximum absolute atomic E-state index is 3.46. The van der Waals surface area contributed by atoms with Gasteiger partial charge in [-0.2, -0.15) is 0 Å². The lowest BCUT2D eigenvalue weighted by atomic mass is 10.0. The fraction of sp³-hybridized carbons (Fsp3) is 1.00. The first kappa shape index (κ1) is 21.1. The van der Waals surface area contributed by atoms with Gasteiger partial charge in [0.1, 0.15) is 0 Å². The highest BCUT2D eigenvalue weighted by molar-refractivity contribution is 6.08. The Morgan fingerprint density at radius 2 is 1.00 bits per heavy atom. The van der Waals surface area contributed by atoms with Gasteiger partial charge in [-0.25, -0.2) is 0 Å². The van der Waals surface area contributed by atoms with E-state index in [0.717, 1.165) is 4.48 Å². The summed E-state index contributed by atoms with van der Waals surface area (Å²) in [4.78, 5) is 0. The summed E-state index contributed by atoms with van der Waals surface area (Å²) in [7, 11) is 8.18. The standard InChI is InChI=1S/C18H43N2Si/c1-20(2,3)17-15-13-11-9-7-5-4-6-8-10-12-14-16-19-18-21/h19H,4-18H2,1-3,21H3/q+1. The van der Waals surface area contributed by atoms with E-state index in [0.29, 0.717) is 0 Å². The molecular weight excluding hydrogens is 272 g/mol. The van der Waals surface area contributed by atoms with Crippen LogP contribution in [0.1, 0.15) is 77.0 Å². The molecule has 0 radical (unpaired) electrons. The Kier molecular flexibility index (Phi) is 15.1. The molecule has 0 bridgehead atoms. The summed E-state index contributed by atoms with van der Waals surface area (Å²) in [5, 5.41) is 3.46. The zero-order valence-corrected chi connectivity index (χ0v) is 17.6. The Bertz CT molecular complexity index is 202. The zero-order chi connectivity index (χ0) is 15.8. The third-order valence-corrected chi connectivity index (χ3v) is 4.68. The second-order valence-corrected chi connectivity index (χ2v) is 8.32. The van der Waals surface area contributed by atoms with Gasteiger partial charge in [0.15, 0.2) is 0 Å². The molecule has 0 aromatic rings. The third-order valence-electron chi connectivity index (χ3n) is 4.18. The highest BCUT2D eigenvalue weighted by Crippen LogP contribution is 2.12. The van der Waals surface area contributed by atoms with Crippen LogP contribution in [0.4, 0.5) is 0 Å². The molecule has 0 aromatic heterocycles. The van der Waals surface area contributed by atoms with Gasteiger partial charge in [0, 0.05) is 10.2 Å². The van der Waals surface area contributed by atoms with Crippen LogP contribution in [0, 0.1) is 0 Å². The lowest BCUT2D eigenvalue weighted by Gasteiger charge is -2.23. The number of unbranched alkanes of at least 4 members (excludes halogenated alkanes) is 11. The van der Waals surface area contributed by atoms with Crippen LogP contribution in [0.15, 0.2) is 0 Å². The Hall–Kier alpha value is 0.137. The minimum absolute atomic E-state index is 1.12. The summed E-state index contributed by atoms with van der Waals surface area (Å²) in [6.45, 7) is 2.58. The second-order valence-electron chi connectivity index (χ2n) is 7.61. The second kappa shape index (κ2) is 15.0. The van der Waals surface area contributed by atoms with E-state index in [4.69, 9.17) is 0 Å². The molecule has 128 valence electrons. The molecule has 0 aliphatic rings. The molecule has 0 saturated heterocycles. The van der Waals surface area contributed by atoms with E-state index in [1.807, 2.05) is 0 Å². The van der Waals surface area contributed by atoms with E-state index >= 15 is 0 Å². The summed E-state index contributed by atoms with van der Waals surface area (Å²) in [6.07, 6.45) is 18.6. The first-order valence-electron chi connectivity index (χ1n) is 9.57. The molecule has 0 aliphatic heterocycles. The van der Waals surface area contributed by atoms with E-state index in [-0.39, 0.29) is 0 Å².